The van der Waals surface area contributed by atoms with Crippen molar-refractivity contribution >= 4 is 0 Å². The van der Waals surface area contributed by atoms with Crippen LogP contribution in [0.1, 0.15) is 13.8 Å². The molecule has 0 radical (unpaired) electrons. The van der Waals surface area contributed by atoms with E-state index in [1.165, 1.54) is 0 Å². The van der Waals surface area contributed by atoms with Gasteiger partial charge in [-0.25, -0.2) is 0 Å². The van der Waals surface area contributed by atoms with E-state index in [1.807, 2.05) is 13.8 Å². The van der Waals surface area contributed by atoms with Crippen LogP contribution in [0.15, 0.2) is 0 Å². The maximum atomic E-state index is 6.23. The molecule has 0 fully saturated rings. The van der Waals surface area contributed by atoms with Crippen LogP contribution in [-0.4, -0.2) is 13.1 Å². The lowest BCUT2D eigenvalue weighted by molar-refractivity contribution is 0.248. The highest BCUT2D eigenvalue weighted by Gasteiger charge is 1.81. The molecule has 1 N–H and O–H groups in total. The van der Waals surface area contributed by atoms with E-state index < -0.39 is 0 Å². The van der Waals surface area contributed by atoms with E-state index in [9.17, 15) is 0 Å². The fourth-order valence-corrected chi connectivity index (χ4v) is 0. The van der Waals surface area contributed by atoms with Crippen LogP contribution in [0.5, 0.6) is 0 Å². The zero-order chi connectivity index (χ0) is 4.99. The second-order valence-corrected chi connectivity index (χ2v) is 1.56. The van der Waals surface area contributed by atoms with Crippen LogP contribution in [0.25, 0.3) is 0 Å². The Balaban J connectivity index is 2.63. The summed E-state index contributed by atoms with van der Waals surface area (Å²) in [7, 11) is 0. The Morgan fingerprint density at radius 2 is 2.60 bits per heavy atom. The first kappa shape index (κ1) is 3.16. The Labute approximate surface area is 34.1 Å². The predicted octanol–water partition coefficient (Wildman–Crippen LogP) is 0.635. The van der Waals surface area contributed by atoms with Crippen LogP contribution in [-0.2, 0) is 0 Å². The van der Waals surface area contributed by atoms with Crippen LogP contribution in [0.3, 0.4) is 0 Å². The minimum absolute atomic E-state index is 0.488. The van der Waals surface area contributed by atoms with Crippen LogP contribution in [0.2, 0.25) is 0 Å². The zero-order valence-corrected chi connectivity index (χ0v) is 3.69. The van der Waals surface area contributed by atoms with Gasteiger partial charge in [0.2, 0.25) is 1.43 Å². The number of aliphatic hydroxyl groups excluding tert-OH is 1. The molecule has 0 rings (SSSR count). The summed E-state index contributed by atoms with van der Waals surface area (Å²) in [5, 5.41) is 4.05. The summed E-state index contributed by atoms with van der Waals surface area (Å²) in [6.07, 6.45) is 0. The van der Waals surface area contributed by atoms with Gasteiger partial charge < -0.3 is 5.11 Å². The first-order valence-electron chi connectivity index (χ1n) is 2.26. The van der Waals surface area contributed by atoms with E-state index in [4.69, 9.17) is 1.43 Å². The van der Waals surface area contributed by atoms with E-state index in [0.717, 1.165) is 0 Å². The number of rotatable bonds is 2. The Kier molecular flexibility index (Phi) is 1.40. The third-order valence-electron chi connectivity index (χ3n) is 0.333. The molecular formula is C4H10O. The van der Waals surface area contributed by atoms with Crippen molar-refractivity contribution in [3.8, 4) is 0 Å². The normalized spacial score (nSPS) is 12.2. The van der Waals surface area contributed by atoms with Crippen molar-refractivity contribution in [1.82, 2.24) is 0 Å². The van der Waals surface area contributed by atoms with Gasteiger partial charge in [-0.15, -0.1) is 0 Å². The van der Waals surface area contributed by atoms with Crippen molar-refractivity contribution in [2.24, 2.45) is 5.92 Å². The molecule has 0 amide bonds. The molecule has 0 atom stereocenters. The lowest BCUT2D eigenvalue weighted by atomic mass is 10.2. The molecule has 32 valence electrons. The Bertz CT molecular complexity index is 28.7. The van der Waals surface area contributed by atoms with E-state index in [0.29, 0.717) is 12.5 Å². The van der Waals surface area contributed by atoms with Crippen LogP contribution in [0, 0.1) is 5.92 Å². The summed E-state index contributed by atoms with van der Waals surface area (Å²) >= 11 is 0. The van der Waals surface area contributed by atoms with E-state index in [1.54, 1.807) is 0 Å². The molecule has 0 saturated heterocycles. The summed E-state index contributed by atoms with van der Waals surface area (Å²) in [4.78, 5) is 0. The molecule has 0 bridgehead atoms. The van der Waals surface area contributed by atoms with Gasteiger partial charge in [0.1, 0.15) is 0 Å². The van der Waals surface area contributed by atoms with Crippen molar-refractivity contribution < 1.29 is 5.11 Å². The van der Waals surface area contributed by atoms with Crippen molar-refractivity contribution in [2.45, 2.75) is 13.8 Å². The van der Waals surface area contributed by atoms with Gasteiger partial charge in [0.15, 0.2) is 0 Å². The van der Waals surface area contributed by atoms with Gasteiger partial charge in [0.05, 0.1) is 0 Å². The average molecular weight is 76.1 g/mol. The molecule has 0 aromatic heterocycles. The van der Waals surface area contributed by atoms with E-state index in [-0.39, 0.29) is 0 Å². The SMILES string of the molecule is [3H]OCC(C)C. The lowest BCUT2D eigenvalue weighted by Gasteiger charge is -1.90. The highest BCUT2D eigenvalue weighted by molar-refractivity contribution is 4.32. The molecule has 1 nitrogen and oxygen atoms in total. The first-order chi connectivity index (χ1) is 2.77. The quantitative estimate of drug-likeness (QED) is 0.511. The summed E-state index contributed by atoms with van der Waals surface area (Å²) in [6, 6.07) is 0. The van der Waals surface area contributed by atoms with Gasteiger partial charge in [0, 0.05) is 6.61 Å². The van der Waals surface area contributed by atoms with Crippen molar-refractivity contribution in [1.29, 1.82) is 1.43 Å². The third kappa shape index (κ3) is 3.96. The highest BCUT2D eigenvalue weighted by atomic mass is 16.3. The minimum Gasteiger partial charge on any atom is -0.396 e. The third-order valence-corrected chi connectivity index (χ3v) is 0.333. The molecule has 1 heteroatoms. The molecule has 5 heavy (non-hydrogen) atoms. The molecular weight excluding hydrogens is 64.0 g/mol. The molecule has 0 spiro atoms. The monoisotopic (exact) mass is 76.1 g/mol. The summed E-state index contributed by atoms with van der Waals surface area (Å²) in [6.45, 7) is 4.56. The molecule has 0 aliphatic carbocycles. The molecule has 0 heterocycles. The zero-order valence-electron chi connectivity index (χ0n) is 4.69. The molecule has 0 aliphatic heterocycles. The van der Waals surface area contributed by atoms with Gasteiger partial charge in [-0.3, -0.25) is 0 Å². The molecule has 0 unspecified atom stereocenters. The van der Waals surface area contributed by atoms with Crippen molar-refractivity contribution in [3.63, 3.8) is 0 Å². The summed E-state index contributed by atoms with van der Waals surface area (Å²) in [5.41, 5.74) is 0. The van der Waals surface area contributed by atoms with Gasteiger partial charge in [-0.05, 0) is 5.92 Å². The maximum Gasteiger partial charge on any atom is 0.210 e. The Morgan fingerprint density at radius 1 is 2.00 bits per heavy atom. The van der Waals surface area contributed by atoms with E-state index in [2.05, 4.69) is 5.11 Å². The lowest BCUT2D eigenvalue weighted by Crippen LogP contribution is -1.90. The second-order valence-electron chi connectivity index (χ2n) is 1.56. The molecule has 0 saturated carbocycles. The largest absolute Gasteiger partial charge is 0.396 e. The highest BCUT2D eigenvalue weighted by Crippen LogP contribution is 1.83. The molecule has 0 aliphatic rings. The maximum absolute atomic E-state index is 6.23. The van der Waals surface area contributed by atoms with Crippen molar-refractivity contribution in [3.05, 3.63) is 0 Å². The minimum atomic E-state index is 0.488. The number of hydrogen-bond donors (Lipinski definition) is 1. The van der Waals surface area contributed by atoms with Gasteiger partial charge in [-0.2, -0.15) is 0 Å². The van der Waals surface area contributed by atoms with Gasteiger partial charge >= 0.3 is 0 Å². The fourth-order valence-electron chi connectivity index (χ4n) is 0. The van der Waals surface area contributed by atoms with Crippen molar-refractivity contribution in [2.75, 3.05) is 6.61 Å². The molecule has 0 aromatic carbocycles. The second kappa shape index (κ2) is 2.21. The Morgan fingerprint density at radius 3 is 2.60 bits per heavy atom. The van der Waals surface area contributed by atoms with Gasteiger partial charge in [-0.1, -0.05) is 13.8 Å². The number of aliphatic hydroxyl groups is 1. The fraction of sp³-hybridized carbons (Fsp3) is 1.00. The topological polar surface area (TPSA) is 20.2 Å². The smallest absolute Gasteiger partial charge is 0.210 e. The summed E-state index contributed by atoms with van der Waals surface area (Å²) < 4.78 is 6.23. The van der Waals surface area contributed by atoms with Crippen LogP contribution in [0.4, 0.5) is 0 Å². The first-order valence-corrected chi connectivity index (χ1v) is 1.85. The predicted molar refractivity (Wildman–Crippen MR) is 21.9 cm³/mol. The average Bonchev–Trinajstić information content (AvgIpc) is 1.35. The number of hydrogen-bond acceptors (Lipinski definition) is 1. The standard InChI is InChI=1S/C4H10O/c1-4(2)3-5/h4-5H,3H2,1-2H3/i5T. The Hall–Kier alpha value is -0.0400. The van der Waals surface area contributed by atoms with Gasteiger partial charge in [0.25, 0.3) is 0 Å². The molecule has 0 aromatic rings. The summed E-state index contributed by atoms with van der Waals surface area (Å²) in [5.74, 6) is 0.488. The van der Waals surface area contributed by atoms with Crippen LogP contribution < -0.4 is 0 Å². The van der Waals surface area contributed by atoms with E-state index >= 15 is 0 Å². The van der Waals surface area contributed by atoms with Crippen LogP contribution >= 0.6 is 0 Å².